The molecule has 0 spiro atoms. The minimum absolute atomic E-state index is 0.390. The molecular weight excluding hydrogens is 262 g/mol. The van der Waals surface area contributed by atoms with Gasteiger partial charge in [0, 0.05) is 0 Å². The third-order valence-corrected chi connectivity index (χ3v) is 2.30. The Hall–Kier alpha value is -0.660. The van der Waals surface area contributed by atoms with Gasteiger partial charge in [-0.05, 0) is 0 Å². The summed E-state index contributed by atoms with van der Waals surface area (Å²) in [6, 6.07) is 0. The first-order valence-electron chi connectivity index (χ1n) is 4.15. The van der Waals surface area contributed by atoms with Gasteiger partial charge < -0.3 is 20.4 Å². The normalized spacial score (nSPS) is 21.3. The van der Waals surface area contributed by atoms with Crippen LogP contribution in [0.2, 0.25) is 0 Å². The highest BCUT2D eigenvalue weighted by Crippen LogP contribution is 2.15. The minimum atomic E-state index is -5.18. The maximum atomic E-state index is 10.5. The van der Waals surface area contributed by atoms with Crippen LogP contribution in [0, 0.1) is 0 Å². The number of carbonyl (C=O) groups excluding carboxylic acids is 1. The topological polar surface area (TPSA) is 188 Å². The first kappa shape index (κ1) is 16.3. The van der Waals surface area contributed by atoms with E-state index in [1.807, 2.05) is 0 Å². The largest absolute Gasteiger partial charge is 0.399 e. The summed E-state index contributed by atoms with van der Waals surface area (Å²) in [7, 11) is -5.18. The number of carbonyl (C=O) groups is 1. The van der Waals surface area contributed by atoms with E-state index in [1.165, 1.54) is 0 Å². The Labute approximate surface area is 96.2 Å². The zero-order valence-corrected chi connectivity index (χ0v) is 9.19. The summed E-state index contributed by atoms with van der Waals surface area (Å²) in [4.78, 5) is 10.5. The molecule has 0 amide bonds. The van der Waals surface area contributed by atoms with E-state index in [1.54, 1.807) is 0 Å². The summed E-state index contributed by atoms with van der Waals surface area (Å²) in [6.07, 6.45) is -6.85. The van der Waals surface area contributed by atoms with E-state index in [2.05, 4.69) is 4.18 Å². The van der Waals surface area contributed by atoms with Crippen molar-refractivity contribution in [2.75, 3.05) is 6.61 Å². The Balaban J connectivity index is 5.04. The lowest BCUT2D eigenvalue weighted by atomic mass is 10.00. The average Bonchev–Trinajstić information content (AvgIpc) is 2.23. The van der Waals surface area contributed by atoms with Crippen LogP contribution < -0.4 is 5.73 Å². The molecule has 0 aromatic rings. The first-order chi connectivity index (χ1) is 7.57. The molecule has 0 heterocycles. The molecule has 0 aliphatic heterocycles. The SMILES string of the molecule is N[C@](C=O)(OS(=O)(=O)O)[C@@H](O)[C@H](O)[C@H](O)CO. The highest BCUT2D eigenvalue weighted by Gasteiger charge is 2.45. The van der Waals surface area contributed by atoms with Crippen molar-refractivity contribution in [3.05, 3.63) is 0 Å². The molecule has 0 radical (unpaired) electrons. The third-order valence-electron chi connectivity index (χ3n) is 1.80. The van der Waals surface area contributed by atoms with Gasteiger partial charge in [0.15, 0.2) is 6.29 Å². The van der Waals surface area contributed by atoms with E-state index in [4.69, 9.17) is 20.5 Å². The molecule has 0 aromatic heterocycles. The molecule has 0 aliphatic rings. The second kappa shape index (κ2) is 5.79. The molecule has 10 nitrogen and oxygen atoms in total. The molecule has 0 saturated heterocycles. The van der Waals surface area contributed by atoms with Crippen molar-refractivity contribution >= 4 is 16.7 Å². The number of aliphatic hydroxyl groups is 4. The number of hydrogen-bond acceptors (Lipinski definition) is 9. The first-order valence-corrected chi connectivity index (χ1v) is 5.52. The van der Waals surface area contributed by atoms with Crippen LogP contribution in [0.5, 0.6) is 0 Å². The molecule has 0 fully saturated rings. The van der Waals surface area contributed by atoms with Gasteiger partial charge in [-0.2, -0.15) is 8.42 Å². The molecular formula is C6H13NO9S. The number of aldehydes is 1. The lowest BCUT2D eigenvalue weighted by molar-refractivity contribution is -0.156. The highest BCUT2D eigenvalue weighted by atomic mass is 32.3. The highest BCUT2D eigenvalue weighted by molar-refractivity contribution is 7.81. The molecule has 0 aromatic carbocycles. The van der Waals surface area contributed by atoms with Gasteiger partial charge in [0.2, 0.25) is 5.72 Å². The number of nitrogens with two attached hydrogens (primary N) is 1. The van der Waals surface area contributed by atoms with Crippen LogP contribution in [-0.2, 0) is 19.4 Å². The van der Waals surface area contributed by atoms with Gasteiger partial charge in [-0.1, -0.05) is 0 Å². The number of rotatable bonds is 7. The summed E-state index contributed by atoms with van der Waals surface area (Å²) >= 11 is 0. The van der Waals surface area contributed by atoms with Crippen LogP contribution in [-0.4, -0.2) is 70.3 Å². The van der Waals surface area contributed by atoms with Crippen molar-refractivity contribution < 1.29 is 42.4 Å². The fraction of sp³-hybridized carbons (Fsp3) is 0.833. The fourth-order valence-electron chi connectivity index (χ4n) is 0.906. The van der Waals surface area contributed by atoms with Crippen molar-refractivity contribution in [3.63, 3.8) is 0 Å². The predicted molar refractivity (Wildman–Crippen MR) is 50.7 cm³/mol. The van der Waals surface area contributed by atoms with Crippen LogP contribution in [0.3, 0.4) is 0 Å². The number of aliphatic hydroxyl groups excluding tert-OH is 4. The van der Waals surface area contributed by atoms with E-state index in [0.717, 1.165) is 0 Å². The monoisotopic (exact) mass is 275 g/mol. The molecule has 0 saturated carbocycles. The Morgan fingerprint density at radius 3 is 2.12 bits per heavy atom. The third kappa shape index (κ3) is 4.61. The minimum Gasteiger partial charge on any atom is -0.394 e. The van der Waals surface area contributed by atoms with Crippen molar-refractivity contribution in [1.82, 2.24) is 0 Å². The van der Waals surface area contributed by atoms with Crippen molar-refractivity contribution in [2.45, 2.75) is 24.0 Å². The Morgan fingerprint density at radius 2 is 1.82 bits per heavy atom. The molecule has 7 N–H and O–H groups in total. The lowest BCUT2D eigenvalue weighted by Crippen LogP contribution is -2.62. The van der Waals surface area contributed by atoms with Gasteiger partial charge in [-0.15, -0.1) is 0 Å². The zero-order valence-electron chi connectivity index (χ0n) is 8.37. The maximum absolute atomic E-state index is 10.5. The molecule has 11 heteroatoms. The molecule has 0 bridgehead atoms. The van der Waals surface area contributed by atoms with Crippen LogP contribution >= 0.6 is 0 Å². The Bertz CT molecular complexity index is 356. The van der Waals surface area contributed by atoms with E-state index < -0.39 is 47.3 Å². The Morgan fingerprint density at radius 1 is 1.35 bits per heavy atom. The van der Waals surface area contributed by atoms with E-state index in [9.17, 15) is 23.4 Å². The van der Waals surface area contributed by atoms with Crippen molar-refractivity contribution in [1.29, 1.82) is 0 Å². The van der Waals surface area contributed by atoms with Crippen molar-refractivity contribution in [3.8, 4) is 0 Å². The van der Waals surface area contributed by atoms with Crippen molar-refractivity contribution in [2.24, 2.45) is 5.73 Å². The van der Waals surface area contributed by atoms with Gasteiger partial charge in [0.1, 0.15) is 18.3 Å². The van der Waals surface area contributed by atoms with Gasteiger partial charge in [0.25, 0.3) is 0 Å². The average molecular weight is 275 g/mol. The molecule has 4 atom stereocenters. The van der Waals surface area contributed by atoms with Gasteiger partial charge in [-0.25, -0.2) is 4.18 Å². The number of hydrogen-bond donors (Lipinski definition) is 6. The summed E-state index contributed by atoms with van der Waals surface area (Å²) < 4.78 is 32.7. The van der Waals surface area contributed by atoms with Gasteiger partial charge in [-0.3, -0.25) is 15.1 Å². The van der Waals surface area contributed by atoms with E-state index in [0.29, 0.717) is 0 Å². The Kier molecular flexibility index (Phi) is 5.57. The van der Waals surface area contributed by atoms with Crippen LogP contribution in [0.4, 0.5) is 0 Å². The smallest absolute Gasteiger partial charge is 0.394 e. The van der Waals surface area contributed by atoms with E-state index >= 15 is 0 Å². The van der Waals surface area contributed by atoms with Gasteiger partial charge in [0.05, 0.1) is 6.61 Å². The molecule has 0 unspecified atom stereocenters. The van der Waals surface area contributed by atoms with Crippen LogP contribution in [0.15, 0.2) is 0 Å². The standard InChI is InChI=1S/C6H13NO9S/c7-6(2-9,16-17(13,14)15)5(12)4(11)3(10)1-8/h2-5,8,10-12H,1,7H2,(H,13,14,15)/t3-,4-,5+,6-/m1/s1. The van der Waals surface area contributed by atoms with Crippen LogP contribution in [0.25, 0.3) is 0 Å². The molecule has 0 aliphatic carbocycles. The molecule has 0 rings (SSSR count). The van der Waals surface area contributed by atoms with Gasteiger partial charge >= 0.3 is 10.4 Å². The predicted octanol–water partition coefficient (Wildman–Crippen LogP) is -4.27. The molecule has 17 heavy (non-hydrogen) atoms. The quantitative estimate of drug-likeness (QED) is 0.151. The second-order valence-corrected chi connectivity index (χ2v) is 4.19. The maximum Gasteiger partial charge on any atom is 0.399 e. The summed E-state index contributed by atoms with van der Waals surface area (Å²) in [6.45, 7) is -0.987. The fourth-order valence-corrected chi connectivity index (χ4v) is 1.41. The summed E-state index contributed by atoms with van der Waals surface area (Å²) in [5.41, 5.74) is 1.99. The second-order valence-electron chi connectivity index (χ2n) is 3.17. The zero-order chi connectivity index (χ0) is 13.9. The van der Waals surface area contributed by atoms with E-state index in [-0.39, 0.29) is 0 Å². The summed E-state index contributed by atoms with van der Waals surface area (Å²) in [5.74, 6) is 0. The van der Waals surface area contributed by atoms with Crippen LogP contribution in [0.1, 0.15) is 0 Å². The lowest BCUT2D eigenvalue weighted by Gasteiger charge is -2.31. The summed E-state index contributed by atoms with van der Waals surface area (Å²) in [5, 5.41) is 35.9. The molecule has 102 valence electrons.